The van der Waals surface area contributed by atoms with Crippen molar-refractivity contribution in [3.8, 4) is 17.2 Å². The number of hydroxylamine groups is 1. The van der Waals surface area contributed by atoms with Crippen molar-refractivity contribution >= 4 is 75.4 Å². The summed E-state index contributed by atoms with van der Waals surface area (Å²) in [4.78, 5) is 16.1. The fraction of sp³-hybridized carbons (Fsp3) is 0.208. The van der Waals surface area contributed by atoms with Crippen molar-refractivity contribution in [1.29, 1.82) is 1.43 Å². The maximum Gasteiger partial charge on any atom is 1.00 e. The summed E-state index contributed by atoms with van der Waals surface area (Å²) >= 11 is 5.66. The molecule has 32 heteroatoms. The molecule has 0 atom stereocenters. The number of nitrogens with one attached hydrogen (secondary N) is 5. The fourth-order valence-corrected chi connectivity index (χ4v) is 4.21. The van der Waals surface area contributed by atoms with E-state index in [-0.39, 0.29) is 61.2 Å². The quantitative estimate of drug-likeness (QED) is 0.0227. The predicted molar refractivity (Wildman–Crippen MR) is 192 cm³/mol. The zero-order chi connectivity index (χ0) is 49.6. The molecular weight excluding hydrogens is 945 g/mol. The summed E-state index contributed by atoms with van der Waals surface area (Å²) in [5, 5.41) is 43.7. The third-order valence-corrected chi connectivity index (χ3v) is 7.08. The molecule has 5 aromatic rings. The molecule has 56 heavy (non-hydrogen) atoms. The number of halogens is 4. The Morgan fingerprint density at radius 2 is 1.55 bits per heavy atom. The van der Waals surface area contributed by atoms with Gasteiger partial charge in [-0.2, -0.15) is 16.8 Å². The summed E-state index contributed by atoms with van der Waals surface area (Å²) in [6.45, 7) is -9.77. The number of benzene rings is 2. The van der Waals surface area contributed by atoms with Crippen LogP contribution in [0.4, 0.5) is 26.1 Å². The molecule has 5 rings (SSSR count). The van der Waals surface area contributed by atoms with Crippen LogP contribution in [0.3, 0.4) is 0 Å². The molecule has 0 aliphatic rings. The number of amidine groups is 1. The molecule has 0 amide bonds. The molecule has 0 fully saturated rings. The van der Waals surface area contributed by atoms with Gasteiger partial charge in [-0.3, -0.25) is 15.2 Å². The smallest absolute Gasteiger partial charge is 0.870 e. The zero-order valence-corrected chi connectivity index (χ0v) is 34.3. The van der Waals surface area contributed by atoms with E-state index in [0.29, 0.717) is 10.6 Å². The Labute approximate surface area is 368 Å². The Morgan fingerprint density at radius 3 is 2.20 bits per heavy atom. The largest absolute Gasteiger partial charge is 1.00 e. The van der Waals surface area contributed by atoms with Crippen LogP contribution < -0.4 is 71.1 Å². The average molecular weight is 986 g/mol. The first-order valence-electron chi connectivity index (χ1n) is 18.5. The van der Waals surface area contributed by atoms with Crippen LogP contribution in [0.15, 0.2) is 68.8 Å². The minimum atomic E-state index is -4.68. The summed E-state index contributed by atoms with van der Waals surface area (Å²) in [6.07, 6.45) is 0. The van der Waals surface area contributed by atoms with Crippen LogP contribution >= 0.6 is 31.9 Å². The average Bonchev–Trinajstić information content (AvgIpc) is 3.91. The summed E-state index contributed by atoms with van der Waals surface area (Å²) in [6, 6.07) is -0.717. The summed E-state index contributed by atoms with van der Waals surface area (Å²) in [7, 11) is -7.72. The minimum Gasteiger partial charge on any atom is -0.870 e. The van der Waals surface area contributed by atoms with Gasteiger partial charge >= 0.3 is 35.3 Å². The molecule has 2 aromatic carbocycles. The number of nitrogens with zero attached hydrogens (tertiary/aromatic N) is 7. The van der Waals surface area contributed by atoms with Crippen molar-refractivity contribution in [3.05, 3.63) is 73.1 Å². The molecule has 0 bridgehead atoms. The van der Waals surface area contributed by atoms with E-state index in [0.717, 1.165) is 6.07 Å². The van der Waals surface area contributed by atoms with E-state index in [1.54, 1.807) is 10.2 Å². The molecule has 0 saturated carbocycles. The van der Waals surface area contributed by atoms with Gasteiger partial charge in [0.15, 0.2) is 17.2 Å². The molecule has 0 radical (unpaired) electrons. The molecule has 3 aromatic heterocycles. The van der Waals surface area contributed by atoms with E-state index in [2.05, 4.69) is 86.8 Å². The van der Waals surface area contributed by atoms with Crippen molar-refractivity contribution in [2.75, 3.05) is 43.8 Å². The van der Waals surface area contributed by atoms with Crippen LogP contribution in [-0.4, -0.2) is 103 Å². The zero-order valence-electron chi connectivity index (χ0n) is 38.5. The molecule has 0 unspecified atom stereocenters. The Bertz CT molecular complexity index is 2850. The molecule has 0 spiro atoms. The number of rotatable bonds is 14. The topological polar surface area (TPSA) is 389 Å². The SMILES string of the molecule is [2H]OC.[2H]c1cc(F)c(Br)c([2H])c1-n1c(-c2nonc2NC([2H])([2H])C([2H])([2H])NS(N)(=O)=O)noc1=O.[2H]c1cc(F)c(Br)c([2H])c1N=C(NO)c1nonc1NCC([2H])([2H])NS(N)(=O)=O.[Na+].[OH-]. The van der Waals surface area contributed by atoms with Crippen molar-refractivity contribution in [1.82, 2.24) is 45.3 Å². The van der Waals surface area contributed by atoms with Gasteiger partial charge < -0.3 is 21.2 Å². The molecule has 302 valence electrons. The van der Waals surface area contributed by atoms with E-state index >= 15 is 0 Å². The van der Waals surface area contributed by atoms with Gasteiger partial charge in [-0.05, 0) is 88.8 Å². The first-order valence-corrected chi connectivity index (χ1v) is 17.8. The molecule has 0 saturated heterocycles. The first kappa shape index (κ1) is 34.2. The van der Waals surface area contributed by atoms with E-state index in [1.807, 2.05) is 5.32 Å². The van der Waals surface area contributed by atoms with E-state index in [4.69, 9.17) is 25.4 Å². The van der Waals surface area contributed by atoms with Gasteiger partial charge in [0, 0.05) is 38.6 Å². The molecule has 0 aliphatic carbocycles. The second-order valence-electron chi connectivity index (χ2n) is 8.65. The maximum atomic E-state index is 13.8. The van der Waals surface area contributed by atoms with Gasteiger partial charge in [0.25, 0.3) is 20.4 Å². The number of aliphatic hydroxyl groups excluding tert-OH is 1. The van der Waals surface area contributed by atoms with Crippen molar-refractivity contribution in [3.63, 3.8) is 0 Å². The van der Waals surface area contributed by atoms with Crippen molar-refractivity contribution in [2.24, 2.45) is 15.3 Å². The van der Waals surface area contributed by atoms with Gasteiger partial charge in [0.1, 0.15) is 11.6 Å². The second-order valence-corrected chi connectivity index (χ2v) is 12.8. The Hall–Kier alpha value is -3.83. The number of aliphatic imine (C=N–C) groups is 1. The van der Waals surface area contributed by atoms with E-state index in [9.17, 15) is 35.6 Å². The number of hydrogen-bond donors (Lipinski definition) is 9. The number of hydrogen-bond acceptors (Lipinski definition) is 19. The van der Waals surface area contributed by atoms with Crippen LogP contribution in [0.1, 0.15) is 19.4 Å². The number of nitrogens with two attached hydrogens (primary N) is 2. The van der Waals surface area contributed by atoms with E-state index < -0.39 is 117 Å². The third-order valence-electron chi connectivity index (χ3n) is 5.11. The maximum absolute atomic E-state index is 13.8. The third kappa shape index (κ3) is 15.3. The van der Waals surface area contributed by atoms with E-state index in [1.165, 1.54) is 11.8 Å². The molecule has 0 aliphatic heterocycles. The standard InChI is InChI=1S/C12H11BrFN7O5S.C11H13BrFN7O4S.CH4O.Na.H2O/c13-7-5-6(1-2-8(7)14)21-11(20-25-12(21)22)9-10(19-26-18-9)16-3-4-17-27(15,23)24;12-7-5-6(1-2-8(7)13)17-11(18-21)9-10(20-24-19-9)15-3-4-16-25(14,22)23;1-2;;/h1-2,5,17H,3-4H2,(H,16,19)(H2,15,23,24);1-2,5,16,21H,3-4H2,(H,15,20)(H,17,18)(H2,14,22,23);2H,1H3;;1H2/q;;;+1;/p-1/i1D,3D2,4D2,5D;1D,4D2,5D;2D;;. The fourth-order valence-electron chi connectivity index (χ4n) is 3.14. The number of aromatic nitrogens is 6. The molecule has 25 nitrogen and oxygen atoms in total. The first-order chi connectivity index (χ1) is 29.8. The van der Waals surface area contributed by atoms with Gasteiger partial charge in [-0.25, -0.2) is 52.1 Å². The van der Waals surface area contributed by atoms with Gasteiger partial charge in [-0.15, -0.1) is 0 Å². The van der Waals surface area contributed by atoms with Crippen LogP contribution in [0.5, 0.6) is 0 Å². The number of anilines is 2. The molecule has 12 N–H and O–H groups in total. The minimum absolute atomic E-state index is 0. The monoisotopic (exact) mass is 983 g/mol. The normalized spacial score (nSPS) is 14.8. The summed E-state index contributed by atoms with van der Waals surface area (Å²) in [5.74, 6) is -5.07. The van der Waals surface area contributed by atoms with Gasteiger partial charge in [0.2, 0.25) is 18.9 Å². The Morgan fingerprint density at radius 1 is 0.964 bits per heavy atom. The van der Waals surface area contributed by atoms with Crippen molar-refractivity contribution in [2.45, 2.75) is 0 Å². The molecular formula is C24H29Br2F2N14NaO11S2. The Kier molecular flexibility index (Phi) is 14.3. The van der Waals surface area contributed by atoms with Crippen LogP contribution in [0.25, 0.3) is 17.2 Å². The van der Waals surface area contributed by atoms with Crippen molar-refractivity contribution < 1.29 is 98.5 Å². The second kappa shape index (κ2) is 23.4. The van der Waals surface area contributed by atoms with Crippen LogP contribution in [0, 0.1) is 11.6 Å². The summed E-state index contributed by atoms with van der Waals surface area (Å²) < 4.78 is 171. The summed E-state index contributed by atoms with van der Waals surface area (Å²) in [5.41, 5.74) is -0.0342. The van der Waals surface area contributed by atoms with Crippen LogP contribution in [-0.2, 0) is 20.4 Å². The van der Waals surface area contributed by atoms with Crippen LogP contribution in [0.2, 0.25) is 0 Å². The number of aliphatic hydroxyl groups is 1. The molecule has 3 heterocycles. The van der Waals surface area contributed by atoms with Gasteiger partial charge in [-0.1, -0.05) is 5.16 Å². The van der Waals surface area contributed by atoms with Gasteiger partial charge in [0.05, 0.1) is 28.5 Å². The predicted octanol–water partition coefficient (Wildman–Crippen LogP) is -3.35. The Balaban J connectivity index is 0.000000620.